The van der Waals surface area contributed by atoms with Gasteiger partial charge in [0.05, 0.1) is 32.1 Å². The SMILES string of the molecule is COc1c(Br)cc(C(C)(C)c2cc(Br)c(OC)c(Br)c2)cc1Br. The van der Waals surface area contributed by atoms with E-state index in [0.717, 1.165) is 29.4 Å². The van der Waals surface area contributed by atoms with Gasteiger partial charge < -0.3 is 9.47 Å². The molecule has 0 bridgehead atoms. The Bertz CT molecular complexity index is 634. The zero-order valence-electron chi connectivity index (χ0n) is 13.1. The molecule has 0 amide bonds. The van der Waals surface area contributed by atoms with Gasteiger partial charge >= 0.3 is 0 Å². The van der Waals surface area contributed by atoms with Gasteiger partial charge in [0.25, 0.3) is 0 Å². The lowest BCUT2D eigenvalue weighted by Gasteiger charge is -2.28. The van der Waals surface area contributed by atoms with E-state index >= 15 is 0 Å². The van der Waals surface area contributed by atoms with Crippen LogP contribution in [0, 0.1) is 0 Å². The second-order valence-electron chi connectivity index (χ2n) is 5.57. The topological polar surface area (TPSA) is 18.5 Å². The van der Waals surface area contributed by atoms with Gasteiger partial charge in [-0.1, -0.05) is 13.8 Å². The summed E-state index contributed by atoms with van der Waals surface area (Å²) in [5, 5.41) is 0. The van der Waals surface area contributed by atoms with Crippen LogP contribution in [0.5, 0.6) is 11.5 Å². The van der Waals surface area contributed by atoms with Gasteiger partial charge in [0.2, 0.25) is 0 Å². The summed E-state index contributed by atoms with van der Waals surface area (Å²) in [5.41, 5.74) is 2.14. The largest absolute Gasteiger partial charge is 0.494 e. The van der Waals surface area contributed by atoms with Crippen molar-refractivity contribution < 1.29 is 9.47 Å². The Morgan fingerprint density at radius 1 is 0.652 bits per heavy atom. The summed E-state index contributed by atoms with van der Waals surface area (Å²) >= 11 is 14.3. The third-order valence-electron chi connectivity index (χ3n) is 3.85. The molecule has 2 aromatic carbocycles. The standard InChI is InChI=1S/C17H16Br4O2/c1-17(2,9-5-11(18)15(22-3)12(19)6-9)10-7-13(20)16(23-4)14(21)8-10/h5-8H,1-4H3. The maximum Gasteiger partial charge on any atom is 0.147 e. The van der Waals surface area contributed by atoms with Crippen molar-refractivity contribution in [3.05, 3.63) is 53.3 Å². The summed E-state index contributed by atoms with van der Waals surface area (Å²) in [4.78, 5) is 0. The van der Waals surface area contributed by atoms with Gasteiger partial charge in [-0.2, -0.15) is 0 Å². The van der Waals surface area contributed by atoms with Crippen molar-refractivity contribution in [1.82, 2.24) is 0 Å². The molecule has 0 unspecified atom stereocenters. The zero-order valence-corrected chi connectivity index (χ0v) is 19.5. The predicted octanol–water partition coefficient (Wildman–Crippen LogP) is 7.08. The molecule has 0 aromatic heterocycles. The van der Waals surface area contributed by atoms with E-state index in [-0.39, 0.29) is 5.41 Å². The Morgan fingerprint density at radius 3 is 1.13 bits per heavy atom. The van der Waals surface area contributed by atoms with Crippen molar-refractivity contribution in [2.75, 3.05) is 14.2 Å². The van der Waals surface area contributed by atoms with Crippen molar-refractivity contribution in [3.8, 4) is 11.5 Å². The van der Waals surface area contributed by atoms with Gasteiger partial charge in [0.15, 0.2) is 0 Å². The van der Waals surface area contributed by atoms with Crippen LogP contribution in [-0.4, -0.2) is 14.2 Å². The molecule has 124 valence electrons. The highest BCUT2D eigenvalue weighted by atomic mass is 79.9. The fourth-order valence-corrected chi connectivity index (χ4v) is 5.42. The van der Waals surface area contributed by atoms with Crippen LogP contribution in [0.2, 0.25) is 0 Å². The molecule has 0 radical (unpaired) electrons. The molecule has 0 saturated heterocycles. The fourth-order valence-electron chi connectivity index (χ4n) is 2.40. The number of halogens is 4. The van der Waals surface area contributed by atoms with E-state index in [2.05, 4.69) is 102 Å². The van der Waals surface area contributed by atoms with Crippen LogP contribution in [0.25, 0.3) is 0 Å². The minimum absolute atomic E-state index is 0.200. The molecule has 2 nitrogen and oxygen atoms in total. The van der Waals surface area contributed by atoms with Crippen molar-refractivity contribution in [1.29, 1.82) is 0 Å². The lowest BCUT2D eigenvalue weighted by atomic mass is 9.78. The molecular weight excluding hydrogens is 556 g/mol. The van der Waals surface area contributed by atoms with Gasteiger partial charge in [0.1, 0.15) is 11.5 Å². The smallest absolute Gasteiger partial charge is 0.147 e. The molecule has 0 heterocycles. The summed E-state index contributed by atoms with van der Waals surface area (Å²) in [6, 6.07) is 8.37. The van der Waals surface area contributed by atoms with Crippen molar-refractivity contribution in [3.63, 3.8) is 0 Å². The Labute approximate surface area is 170 Å². The Kier molecular flexibility index (Phi) is 6.26. The molecule has 2 aromatic rings. The number of ether oxygens (including phenoxy) is 2. The van der Waals surface area contributed by atoms with Crippen LogP contribution in [0.1, 0.15) is 25.0 Å². The molecule has 0 aliphatic rings. The second kappa shape index (κ2) is 7.46. The predicted molar refractivity (Wildman–Crippen MR) is 109 cm³/mol. The first-order valence-electron chi connectivity index (χ1n) is 6.79. The molecule has 0 aliphatic carbocycles. The van der Waals surface area contributed by atoms with Crippen molar-refractivity contribution in [2.24, 2.45) is 0 Å². The summed E-state index contributed by atoms with van der Waals surface area (Å²) in [6.45, 7) is 4.38. The van der Waals surface area contributed by atoms with E-state index in [1.165, 1.54) is 11.1 Å². The summed E-state index contributed by atoms with van der Waals surface area (Å²) < 4.78 is 14.5. The molecule has 0 spiro atoms. The zero-order chi connectivity index (χ0) is 17.4. The normalized spacial score (nSPS) is 11.5. The van der Waals surface area contributed by atoms with Crippen LogP contribution in [0.4, 0.5) is 0 Å². The lowest BCUT2D eigenvalue weighted by molar-refractivity contribution is 0.408. The Balaban J connectivity index is 2.59. The fraction of sp³-hybridized carbons (Fsp3) is 0.294. The lowest BCUT2D eigenvalue weighted by Crippen LogP contribution is -2.19. The molecule has 0 atom stereocenters. The molecule has 23 heavy (non-hydrogen) atoms. The van der Waals surface area contributed by atoms with E-state index in [4.69, 9.17) is 9.47 Å². The minimum Gasteiger partial charge on any atom is -0.494 e. The third-order valence-corrected chi connectivity index (χ3v) is 6.20. The van der Waals surface area contributed by atoms with Gasteiger partial charge in [-0.3, -0.25) is 0 Å². The Hall–Kier alpha value is -0.0400. The number of hydrogen-bond donors (Lipinski definition) is 0. The first-order valence-corrected chi connectivity index (χ1v) is 9.96. The van der Waals surface area contributed by atoms with E-state index < -0.39 is 0 Å². The van der Waals surface area contributed by atoms with Crippen LogP contribution < -0.4 is 9.47 Å². The Morgan fingerprint density at radius 2 is 0.913 bits per heavy atom. The first-order chi connectivity index (χ1) is 10.7. The second-order valence-corrected chi connectivity index (χ2v) is 8.99. The van der Waals surface area contributed by atoms with Gasteiger partial charge in [-0.25, -0.2) is 0 Å². The quantitative estimate of drug-likeness (QED) is 0.390. The molecular formula is C17H16Br4O2. The minimum atomic E-state index is -0.200. The summed E-state index contributed by atoms with van der Waals surface area (Å²) in [7, 11) is 3.32. The van der Waals surface area contributed by atoms with Gasteiger partial charge in [-0.05, 0) is 99.1 Å². The van der Waals surface area contributed by atoms with Crippen molar-refractivity contribution >= 4 is 63.7 Å². The highest BCUT2D eigenvalue weighted by Crippen LogP contribution is 2.43. The van der Waals surface area contributed by atoms with Crippen LogP contribution >= 0.6 is 63.7 Å². The number of hydrogen-bond acceptors (Lipinski definition) is 2. The number of methoxy groups -OCH3 is 2. The maximum atomic E-state index is 5.39. The van der Waals surface area contributed by atoms with Gasteiger partial charge in [0, 0.05) is 5.41 Å². The van der Waals surface area contributed by atoms with E-state index in [0.29, 0.717) is 0 Å². The third kappa shape index (κ3) is 3.80. The van der Waals surface area contributed by atoms with E-state index in [1.54, 1.807) is 14.2 Å². The van der Waals surface area contributed by atoms with Crippen LogP contribution in [0.15, 0.2) is 42.2 Å². The first kappa shape index (κ1) is 19.3. The average molecular weight is 572 g/mol. The molecule has 2 rings (SSSR count). The van der Waals surface area contributed by atoms with E-state index in [9.17, 15) is 0 Å². The van der Waals surface area contributed by atoms with Gasteiger partial charge in [-0.15, -0.1) is 0 Å². The highest BCUT2D eigenvalue weighted by Gasteiger charge is 2.27. The van der Waals surface area contributed by atoms with Crippen molar-refractivity contribution in [2.45, 2.75) is 19.3 Å². The van der Waals surface area contributed by atoms with Crippen LogP contribution in [0.3, 0.4) is 0 Å². The van der Waals surface area contributed by atoms with E-state index in [1.807, 2.05) is 0 Å². The van der Waals surface area contributed by atoms with Crippen LogP contribution in [-0.2, 0) is 5.41 Å². The molecule has 0 saturated carbocycles. The molecule has 0 fully saturated rings. The molecule has 0 N–H and O–H groups in total. The monoisotopic (exact) mass is 568 g/mol. The molecule has 6 heteroatoms. The summed E-state index contributed by atoms with van der Waals surface area (Å²) in [6.07, 6.45) is 0. The number of rotatable bonds is 4. The number of benzene rings is 2. The highest BCUT2D eigenvalue weighted by molar-refractivity contribution is 9.11. The maximum absolute atomic E-state index is 5.39. The average Bonchev–Trinajstić information content (AvgIpc) is 2.46. The summed E-state index contributed by atoms with van der Waals surface area (Å²) in [5.74, 6) is 1.59. The molecule has 0 aliphatic heterocycles.